The van der Waals surface area contributed by atoms with E-state index in [0.717, 1.165) is 32.0 Å². The van der Waals surface area contributed by atoms with Crippen LogP contribution in [0.15, 0.2) is 30.5 Å². The number of likely N-dealkylation sites (tertiary alicyclic amines) is 1. The normalized spacial score (nSPS) is 13.8. The van der Waals surface area contributed by atoms with Gasteiger partial charge in [-0.2, -0.15) is 5.10 Å². The zero-order valence-electron chi connectivity index (χ0n) is 15.8. The van der Waals surface area contributed by atoms with Gasteiger partial charge in [-0.15, -0.1) is 0 Å². The smallest absolute Gasteiger partial charge is 0.261 e. The Balaban J connectivity index is 1.64. The van der Waals surface area contributed by atoms with Crippen LogP contribution in [0.2, 0.25) is 0 Å². The van der Waals surface area contributed by atoms with Gasteiger partial charge < -0.3 is 16.0 Å². The lowest BCUT2D eigenvalue weighted by atomic mass is 10.1. The second-order valence-electron chi connectivity index (χ2n) is 7.05. The maximum absolute atomic E-state index is 14.8. The molecule has 9 heteroatoms. The van der Waals surface area contributed by atoms with Crippen molar-refractivity contribution in [3.63, 3.8) is 0 Å². The summed E-state index contributed by atoms with van der Waals surface area (Å²) in [6.45, 7) is 1.55. The number of amides is 1. The van der Waals surface area contributed by atoms with Gasteiger partial charge in [0.1, 0.15) is 23.0 Å². The predicted molar refractivity (Wildman–Crippen MR) is 107 cm³/mol. The van der Waals surface area contributed by atoms with Crippen molar-refractivity contribution in [2.75, 3.05) is 24.1 Å². The Kier molecular flexibility index (Phi) is 4.65. The molecule has 0 radical (unpaired) electrons. The predicted octanol–water partition coefficient (Wildman–Crippen LogP) is 3.11. The summed E-state index contributed by atoms with van der Waals surface area (Å²) in [5.74, 6) is -2.60. The number of nitrogens with two attached hydrogens (primary N) is 1. The van der Waals surface area contributed by atoms with Crippen molar-refractivity contribution in [3.05, 3.63) is 53.2 Å². The number of carbonyl (C=O) groups is 1. The fourth-order valence-corrected chi connectivity index (χ4v) is 3.57. The van der Waals surface area contributed by atoms with E-state index < -0.39 is 23.1 Å². The highest BCUT2D eigenvalue weighted by Gasteiger charge is 2.23. The zero-order chi connectivity index (χ0) is 20.7. The SMILES string of the molecule is Cn1ncc2c(F)c(C(=O)Nc3ccc(N)c(C(=N)N4CCCC4)c3)c(F)cc21. The summed E-state index contributed by atoms with van der Waals surface area (Å²) in [5, 5.41) is 14.8. The number of halogens is 2. The summed E-state index contributed by atoms with van der Waals surface area (Å²) in [4.78, 5) is 14.5. The van der Waals surface area contributed by atoms with E-state index in [1.807, 2.05) is 4.90 Å². The zero-order valence-corrected chi connectivity index (χ0v) is 15.8. The molecular formula is C20H20F2N6O. The van der Waals surface area contributed by atoms with Crippen molar-refractivity contribution in [1.82, 2.24) is 14.7 Å². The second kappa shape index (κ2) is 7.16. The highest BCUT2D eigenvalue weighted by atomic mass is 19.1. The maximum Gasteiger partial charge on any atom is 0.261 e. The average Bonchev–Trinajstić information content (AvgIpc) is 3.34. The van der Waals surface area contributed by atoms with E-state index in [4.69, 9.17) is 11.1 Å². The summed E-state index contributed by atoms with van der Waals surface area (Å²) in [7, 11) is 1.56. The van der Waals surface area contributed by atoms with Crippen LogP contribution >= 0.6 is 0 Å². The molecule has 4 N–H and O–H groups in total. The van der Waals surface area contributed by atoms with Crippen LogP contribution in [0.25, 0.3) is 10.9 Å². The first-order valence-corrected chi connectivity index (χ1v) is 9.21. The molecule has 4 rings (SSSR count). The van der Waals surface area contributed by atoms with Gasteiger partial charge in [0, 0.05) is 43.1 Å². The summed E-state index contributed by atoms with van der Waals surface area (Å²) in [6, 6.07) is 5.73. The number of nitrogens with zero attached hydrogens (tertiary/aromatic N) is 3. The number of carbonyl (C=O) groups excluding carboxylic acids is 1. The second-order valence-corrected chi connectivity index (χ2v) is 7.05. The van der Waals surface area contributed by atoms with E-state index in [-0.39, 0.29) is 16.7 Å². The van der Waals surface area contributed by atoms with E-state index in [1.54, 1.807) is 19.2 Å². The molecule has 0 bridgehead atoms. The van der Waals surface area contributed by atoms with E-state index in [9.17, 15) is 13.6 Å². The number of rotatable bonds is 3. The van der Waals surface area contributed by atoms with Crippen LogP contribution < -0.4 is 11.1 Å². The van der Waals surface area contributed by atoms with Gasteiger partial charge in [-0.05, 0) is 31.0 Å². The van der Waals surface area contributed by atoms with Gasteiger partial charge in [0.25, 0.3) is 5.91 Å². The Bertz CT molecular complexity index is 1130. The molecule has 0 aliphatic carbocycles. The van der Waals surface area contributed by atoms with Gasteiger partial charge in [-0.25, -0.2) is 8.78 Å². The lowest BCUT2D eigenvalue weighted by Crippen LogP contribution is -2.28. The quantitative estimate of drug-likeness (QED) is 0.359. The number of fused-ring (bicyclic) bond motifs is 1. The number of hydrogen-bond acceptors (Lipinski definition) is 4. The number of anilines is 2. The number of amidine groups is 1. The van der Waals surface area contributed by atoms with Gasteiger partial charge in [-0.3, -0.25) is 14.9 Å². The molecule has 0 unspecified atom stereocenters. The van der Waals surface area contributed by atoms with Gasteiger partial charge in [0.15, 0.2) is 0 Å². The van der Waals surface area contributed by atoms with E-state index in [1.165, 1.54) is 16.9 Å². The molecule has 1 amide bonds. The number of aromatic nitrogens is 2. The minimum Gasteiger partial charge on any atom is -0.398 e. The van der Waals surface area contributed by atoms with E-state index in [0.29, 0.717) is 16.9 Å². The first-order chi connectivity index (χ1) is 13.9. The average molecular weight is 398 g/mol. The molecule has 2 aromatic carbocycles. The highest BCUT2D eigenvalue weighted by Crippen LogP contribution is 2.26. The summed E-state index contributed by atoms with van der Waals surface area (Å²) in [5.41, 5.74) is 6.74. The Hall–Kier alpha value is -3.49. The summed E-state index contributed by atoms with van der Waals surface area (Å²) in [6.07, 6.45) is 3.27. The lowest BCUT2D eigenvalue weighted by Gasteiger charge is -2.20. The van der Waals surface area contributed by atoms with Crippen LogP contribution in [-0.2, 0) is 7.05 Å². The monoisotopic (exact) mass is 398 g/mol. The Morgan fingerprint density at radius 3 is 2.69 bits per heavy atom. The molecule has 0 spiro atoms. The largest absolute Gasteiger partial charge is 0.398 e. The first kappa shape index (κ1) is 18.9. The van der Waals surface area contributed by atoms with Crippen LogP contribution in [0.5, 0.6) is 0 Å². The molecule has 1 fully saturated rings. The van der Waals surface area contributed by atoms with Crippen molar-refractivity contribution >= 4 is 34.0 Å². The Morgan fingerprint density at radius 1 is 1.24 bits per heavy atom. The molecular weight excluding hydrogens is 378 g/mol. The molecule has 1 aliphatic rings. The fourth-order valence-electron chi connectivity index (χ4n) is 3.57. The molecule has 1 aliphatic heterocycles. The molecule has 3 aromatic rings. The van der Waals surface area contributed by atoms with Gasteiger partial charge >= 0.3 is 0 Å². The van der Waals surface area contributed by atoms with Crippen molar-refractivity contribution in [1.29, 1.82) is 5.41 Å². The molecule has 7 nitrogen and oxygen atoms in total. The number of nitrogen functional groups attached to an aromatic ring is 1. The van der Waals surface area contributed by atoms with Crippen LogP contribution in [-0.4, -0.2) is 39.5 Å². The van der Waals surface area contributed by atoms with Crippen LogP contribution in [0, 0.1) is 17.0 Å². The van der Waals surface area contributed by atoms with Crippen LogP contribution in [0.4, 0.5) is 20.2 Å². The van der Waals surface area contributed by atoms with Crippen molar-refractivity contribution in [2.24, 2.45) is 7.05 Å². The Labute approximate surface area is 165 Å². The van der Waals surface area contributed by atoms with Crippen LogP contribution in [0.3, 0.4) is 0 Å². The standard InChI is InChI=1S/C20H20F2N6O/c1-27-16-9-14(21)17(18(22)13(16)10-25-27)20(29)26-11-4-5-15(23)12(8-11)19(24)28-6-2-3-7-28/h4-5,8-10,24H,2-3,6-7,23H2,1H3,(H,26,29). The third-order valence-corrected chi connectivity index (χ3v) is 5.16. The fraction of sp³-hybridized carbons (Fsp3) is 0.250. The van der Waals surface area contributed by atoms with Gasteiger partial charge in [-0.1, -0.05) is 0 Å². The molecule has 2 heterocycles. The third kappa shape index (κ3) is 3.28. The maximum atomic E-state index is 14.8. The number of nitrogens with one attached hydrogen (secondary N) is 2. The summed E-state index contributed by atoms with van der Waals surface area (Å²) < 4.78 is 30.6. The summed E-state index contributed by atoms with van der Waals surface area (Å²) >= 11 is 0. The van der Waals surface area contributed by atoms with Crippen molar-refractivity contribution in [3.8, 4) is 0 Å². The number of hydrogen-bond donors (Lipinski definition) is 3. The van der Waals surface area contributed by atoms with Gasteiger partial charge in [0.2, 0.25) is 0 Å². The van der Waals surface area contributed by atoms with Crippen LogP contribution in [0.1, 0.15) is 28.8 Å². The van der Waals surface area contributed by atoms with Gasteiger partial charge in [0.05, 0.1) is 17.1 Å². The minimum absolute atomic E-state index is 0.0628. The van der Waals surface area contributed by atoms with E-state index >= 15 is 0 Å². The lowest BCUT2D eigenvalue weighted by molar-refractivity contribution is 0.101. The number of benzene rings is 2. The molecule has 1 saturated heterocycles. The van der Waals surface area contributed by atoms with Crippen molar-refractivity contribution in [2.45, 2.75) is 12.8 Å². The molecule has 1 aromatic heterocycles. The minimum atomic E-state index is -0.975. The molecule has 29 heavy (non-hydrogen) atoms. The molecule has 0 atom stereocenters. The van der Waals surface area contributed by atoms with Crippen molar-refractivity contribution < 1.29 is 13.6 Å². The molecule has 150 valence electrons. The molecule has 0 saturated carbocycles. The Morgan fingerprint density at radius 2 is 1.97 bits per heavy atom. The number of aryl methyl sites for hydroxylation is 1. The first-order valence-electron chi connectivity index (χ1n) is 9.21. The highest BCUT2D eigenvalue weighted by molar-refractivity contribution is 6.08. The third-order valence-electron chi connectivity index (χ3n) is 5.16. The topological polar surface area (TPSA) is 100 Å². The van der Waals surface area contributed by atoms with E-state index in [2.05, 4.69) is 10.4 Å².